The Balaban J connectivity index is 1.98. The van der Waals surface area contributed by atoms with Gasteiger partial charge in [-0.2, -0.15) is 0 Å². The van der Waals surface area contributed by atoms with Gasteiger partial charge in [-0.1, -0.05) is 33.6 Å². The average molecular weight is 197 g/mol. The summed E-state index contributed by atoms with van der Waals surface area (Å²) in [5.41, 5.74) is 0. The molecular weight excluding hydrogens is 170 g/mol. The Hall–Kier alpha value is -0.0400. The third kappa shape index (κ3) is 4.99. The molecule has 84 valence electrons. The maximum absolute atomic E-state index is 3.60. The zero-order chi connectivity index (χ0) is 10.4. The lowest BCUT2D eigenvalue weighted by Crippen LogP contribution is -2.20. The third-order valence-electron chi connectivity index (χ3n) is 3.54. The fourth-order valence-corrected chi connectivity index (χ4v) is 2.13. The molecule has 1 fully saturated rings. The van der Waals surface area contributed by atoms with Crippen LogP contribution in [0.25, 0.3) is 0 Å². The van der Waals surface area contributed by atoms with Gasteiger partial charge in [-0.25, -0.2) is 0 Å². The van der Waals surface area contributed by atoms with E-state index in [1.165, 1.54) is 45.1 Å². The van der Waals surface area contributed by atoms with Gasteiger partial charge in [0.25, 0.3) is 0 Å². The standard InChI is InChI=1S/C13H27N/c1-4-12(5-2)10-11(3)8-9-14-13-6-7-13/h11-14H,4-10H2,1-3H3. The van der Waals surface area contributed by atoms with Crippen LogP contribution < -0.4 is 5.32 Å². The molecule has 1 aliphatic carbocycles. The SMILES string of the molecule is CCC(CC)CC(C)CCNC1CC1. The molecule has 1 N–H and O–H groups in total. The quantitative estimate of drug-likeness (QED) is 0.627. The van der Waals surface area contributed by atoms with E-state index in [0.717, 1.165) is 17.9 Å². The summed E-state index contributed by atoms with van der Waals surface area (Å²) in [5.74, 6) is 1.87. The second-order valence-electron chi connectivity index (χ2n) is 5.04. The van der Waals surface area contributed by atoms with Crippen LogP contribution in [-0.4, -0.2) is 12.6 Å². The van der Waals surface area contributed by atoms with Gasteiger partial charge in [0.1, 0.15) is 0 Å². The lowest BCUT2D eigenvalue weighted by molar-refractivity contribution is 0.352. The Morgan fingerprint density at radius 1 is 1.21 bits per heavy atom. The van der Waals surface area contributed by atoms with Gasteiger partial charge >= 0.3 is 0 Å². The van der Waals surface area contributed by atoms with E-state index in [2.05, 4.69) is 26.1 Å². The van der Waals surface area contributed by atoms with Crippen LogP contribution in [0.2, 0.25) is 0 Å². The Morgan fingerprint density at radius 2 is 1.86 bits per heavy atom. The third-order valence-corrected chi connectivity index (χ3v) is 3.54. The minimum Gasteiger partial charge on any atom is -0.314 e. The number of rotatable bonds is 8. The van der Waals surface area contributed by atoms with Crippen molar-refractivity contribution >= 4 is 0 Å². The Labute approximate surface area is 89.7 Å². The second kappa shape index (κ2) is 6.44. The van der Waals surface area contributed by atoms with Crippen LogP contribution in [0.15, 0.2) is 0 Å². The molecule has 0 aliphatic heterocycles. The molecule has 1 saturated carbocycles. The number of hydrogen-bond donors (Lipinski definition) is 1. The highest BCUT2D eigenvalue weighted by Gasteiger charge is 2.20. The highest BCUT2D eigenvalue weighted by atomic mass is 14.9. The van der Waals surface area contributed by atoms with Crippen LogP contribution in [-0.2, 0) is 0 Å². The number of hydrogen-bond acceptors (Lipinski definition) is 1. The fraction of sp³-hybridized carbons (Fsp3) is 1.00. The first-order chi connectivity index (χ1) is 6.76. The van der Waals surface area contributed by atoms with Crippen LogP contribution >= 0.6 is 0 Å². The van der Waals surface area contributed by atoms with E-state index in [1.807, 2.05) is 0 Å². The smallest absolute Gasteiger partial charge is 0.00682 e. The zero-order valence-electron chi connectivity index (χ0n) is 10.2. The van der Waals surface area contributed by atoms with Crippen molar-refractivity contribution in [1.29, 1.82) is 0 Å². The summed E-state index contributed by atoms with van der Waals surface area (Å²) < 4.78 is 0. The average Bonchev–Trinajstić information content (AvgIpc) is 2.98. The fourth-order valence-electron chi connectivity index (χ4n) is 2.13. The van der Waals surface area contributed by atoms with Crippen molar-refractivity contribution in [3.8, 4) is 0 Å². The molecule has 1 heteroatoms. The van der Waals surface area contributed by atoms with Crippen LogP contribution in [0, 0.1) is 11.8 Å². The normalized spacial score (nSPS) is 18.9. The molecule has 0 saturated heterocycles. The molecule has 0 aromatic carbocycles. The summed E-state index contributed by atoms with van der Waals surface area (Å²) in [7, 11) is 0. The van der Waals surface area contributed by atoms with E-state index in [-0.39, 0.29) is 0 Å². The molecule has 0 amide bonds. The summed E-state index contributed by atoms with van der Waals surface area (Å²) >= 11 is 0. The minimum atomic E-state index is 0.885. The highest BCUT2D eigenvalue weighted by molar-refractivity contribution is 4.80. The molecular formula is C13H27N. The summed E-state index contributed by atoms with van der Waals surface area (Å²) in [6.45, 7) is 8.30. The summed E-state index contributed by atoms with van der Waals surface area (Å²) in [5, 5.41) is 3.60. The zero-order valence-corrected chi connectivity index (χ0v) is 10.2. The van der Waals surface area contributed by atoms with Gasteiger partial charge in [-0.15, -0.1) is 0 Å². The van der Waals surface area contributed by atoms with Crippen LogP contribution in [0.3, 0.4) is 0 Å². The summed E-state index contributed by atoms with van der Waals surface area (Å²) in [4.78, 5) is 0. The van der Waals surface area contributed by atoms with Crippen molar-refractivity contribution < 1.29 is 0 Å². The van der Waals surface area contributed by atoms with E-state index in [1.54, 1.807) is 0 Å². The topological polar surface area (TPSA) is 12.0 Å². The molecule has 0 aromatic rings. The van der Waals surface area contributed by atoms with E-state index in [0.29, 0.717) is 0 Å². The molecule has 0 spiro atoms. The van der Waals surface area contributed by atoms with Crippen LogP contribution in [0.4, 0.5) is 0 Å². The van der Waals surface area contributed by atoms with Gasteiger partial charge in [-0.3, -0.25) is 0 Å². The van der Waals surface area contributed by atoms with Gasteiger partial charge in [0.05, 0.1) is 0 Å². The molecule has 1 aliphatic rings. The predicted octanol–water partition coefficient (Wildman–Crippen LogP) is 3.59. The van der Waals surface area contributed by atoms with Crippen molar-refractivity contribution in [2.24, 2.45) is 11.8 Å². The second-order valence-corrected chi connectivity index (χ2v) is 5.04. The Bertz CT molecular complexity index is 136. The molecule has 14 heavy (non-hydrogen) atoms. The van der Waals surface area contributed by atoms with Crippen molar-refractivity contribution in [3.63, 3.8) is 0 Å². The van der Waals surface area contributed by atoms with Crippen LogP contribution in [0.1, 0.15) is 59.3 Å². The van der Waals surface area contributed by atoms with Gasteiger partial charge in [0.15, 0.2) is 0 Å². The largest absolute Gasteiger partial charge is 0.314 e. The Morgan fingerprint density at radius 3 is 2.36 bits per heavy atom. The lowest BCUT2D eigenvalue weighted by atomic mass is 9.90. The van der Waals surface area contributed by atoms with E-state index in [9.17, 15) is 0 Å². The van der Waals surface area contributed by atoms with Gasteiger partial charge in [0, 0.05) is 6.04 Å². The summed E-state index contributed by atoms with van der Waals surface area (Å²) in [6, 6.07) is 0.885. The molecule has 1 unspecified atom stereocenters. The van der Waals surface area contributed by atoms with Gasteiger partial charge in [0.2, 0.25) is 0 Å². The first-order valence-corrected chi connectivity index (χ1v) is 6.49. The van der Waals surface area contributed by atoms with Crippen molar-refractivity contribution in [2.45, 2.75) is 65.3 Å². The molecule has 0 radical (unpaired) electrons. The van der Waals surface area contributed by atoms with E-state index >= 15 is 0 Å². The van der Waals surface area contributed by atoms with E-state index < -0.39 is 0 Å². The van der Waals surface area contributed by atoms with Crippen molar-refractivity contribution in [3.05, 3.63) is 0 Å². The maximum Gasteiger partial charge on any atom is 0.00682 e. The number of nitrogens with one attached hydrogen (secondary N) is 1. The Kier molecular flexibility index (Phi) is 5.54. The lowest BCUT2D eigenvalue weighted by Gasteiger charge is -2.18. The molecule has 0 heterocycles. The molecule has 0 bridgehead atoms. The first kappa shape index (κ1) is 12.0. The monoisotopic (exact) mass is 197 g/mol. The molecule has 0 aromatic heterocycles. The highest BCUT2D eigenvalue weighted by Crippen LogP contribution is 2.22. The van der Waals surface area contributed by atoms with Crippen molar-refractivity contribution in [1.82, 2.24) is 5.32 Å². The van der Waals surface area contributed by atoms with E-state index in [4.69, 9.17) is 0 Å². The summed E-state index contributed by atoms with van der Waals surface area (Å²) in [6.07, 6.45) is 8.35. The maximum atomic E-state index is 3.60. The van der Waals surface area contributed by atoms with Gasteiger partial charge < -0.3 is 5.32 Å². The van der Waals surface area contributed by atoms with Crippen molar-refractivity contribution in [2.75, 3.05) is 6.54 Å². The predicted molar refractivity (Wildman–Crippen MR) is 63.5 cm³/mol. The molecule has 1 rings (SSSR count). The molecule has 1 nitrogen and oxygen atoms in total. The first-order valence-electron chi connectivity index (χ1n) is 6.49. The minimum absolute atomic E-state index is 0.885. The van der Waals surface area contributed by atoms with Gasteiger partial charge in [-0.05, 0) is 44.1 Å². The van der Waals surface area contributed by atoms with Crippen LogP contribution in [0.5, 0.6) is 0 Å². The molecule has 1 atom stereocenters.